The molecule has 3 unspecified atom stereocenters. The number of aryl methyl sites for hydroxylation is 1. The van der Waals surface area contributed by atoms with Gasteiger partial charge in [-0.2, -0.15) is 18.3 Å². The van der Waals surface area contributed by atoms with Gasteiger partial charge in [0.25, 0.3) is 0 Å². The van der Waals surface area contributed by atoms with Crippen LogP contribution in [0.15, 0.2) is 6.07 Å². The van der Waals surface area contributed by atoms with Crippen molar-refractivity contribution < 1.29 is 18.0 Å². The number of aromatic nitrogens is 2. The standard InChI is InChI=1S/C16H23F3N4O/c1-9-6-14(16(17,18)19)21-23(9)10(2)15(24)20-11-7-12-4-5-13(8-11)22(12)3/h6,10-13H,4-5,7-8H2,1-3H3,(H,20,24). The monoisotopic (exact) mass is 344 g/mol. The van der Waals surface area contributed by atoms with Crippen molar-refractivity contribution in [1.82, 2.24) is 20.0 Å². The van der Waals surface area contributed by atoms with Gasteiger partial charge in [0, 0.05) is 23.8 Å². The summed E-state index contributed by atoms with van der Waals surface area (Å²) in [7, 11) is 2.12. The van der Waals surface area contributed by atoms with E-state index in [1.165, 1.54) is 6.92 Å². The van der Waals surface area contributed by atoms with Crippen LogP contribution in [0.2, 0.25) is 0 Å². The molecule has 134 valence electrons. The maximum absolute atomic E-state index is 12.8. The minimum Gasteiger partial charge on any atom is -0.351 e. The second-order valence-corrected chi connectivity index (χ2v) is 7.02. The highest BCUT2D eigenvalue weighted by molar-refractivity contribution is 5.80. The third-order valence-electron chi connectivity index (χ3n) is 5.40. The zero-order chi connectivity index (χ0) is 17.6. The summed E-state index contributed by atoms with van der Waals surface area (Å²) in [4.78, 5) is 14.8. The van der Waals surface area contributed by atoms with Crippen LogP contribution in [-0.2, 0) is 11.0 Å². The minimum atomic E-state index is -4.50. The van der Waals surface area contributed by atoms with E-state index in [1.54, 1.807) is 6.92 Å². The van der Waals surface area contributed by atoms with Crippen molar-refractivity contribution in [2.75, 3.05) is 7.05 Å². The number of piperidine rings is 1. The number of fused-ring (bicyclic) bond motifs is 2. The largest absolute Gasteiger partial charge is 0.435 e. The molecular weight excluding hydrogens is 321 g/mol. The topological polar surface area (TPSA) is 50.2 Å². The lowest BCUT2D eigenvalue weighted by atomic mass is 9.98. The van der Waals surface area contributed by atoms with Crippen molar-refractivity contribution in [3.8, 4) is 0 Å². The molecule has 2 bridgehead atoms. The third-order valence-corrected chi connectivity index (χ3v) is 5.40. The molecule has 1 aromatic rings. The van der Waals surface area contributed by atoms with Crippen molar-refractivity contribution in [1.29, 1.82) is 0 Å². The Labute approximate surface area is 139 Å². The predicted molar refractivity (Wildman–Crippen MR) is 82.4 cm³/mol. The third kappa shape index (κ3) is 3.16. The number of amides is 1. The Morgan fingerprint density at radius 2 is 1.92 bits per heavy atom. The first-order chi connectivity index (χ1) is 11.2. The molecule has 0 aliphatic carbocycles. The van der Waals surface area contributed by atoms with Gasteiger partial charge in [0.15, 0.2) is 5.69 Å². The van der Waals surface area contributed by atoms with Gasteiger partial charge in [0.05, 0.1) is 0 Å². The van der Waals surface area contributed by atoms with E-state index in [-0.39, 0.29) is 11.9 Å². The van der Waals surface area contributed by atoms with Gasteiger partial charge in [-0.05, 0) is 52.6 Å². The Kier molecular flexibility index (Phi) is 4.36. The smallest absolute Gasteiger partial charge is 0.351 e. The highest BCUT2D eigenvalue weighted by Gasteiger charge is 2.39. The molecule has 1 amide bonds. The van der Waals surface area contributed by atoms with E-state index < -0.39 is 17.9 Å². The highest BCUT2D eigenvalue weighted by atomic mass is 19.4. The lowest BCUT2D eigenvalue weighted by Crippen LogP contribution is -2.49. The van der Waals surface area contributed by atoms with E-state index in [1.807, 2.05) is 0 Å². The Bertz CT molecular complexity index is 613. The van der Waals surface area contributed by atoms with Gasteiger partial charge in [-0.3, -0.25) is 9.48 Å². The molecule has 0 aromatic carbocycles. The van der Waals surface area contributed by atoms with Crippen molar-refractivity contribution in [2.24, 2.45) is 0 Å². The zero-order valence-electron chi connectivity index (χ0n) is 14.1. The summed E-state index contributed by atoms with van der Waals surface area (Å²) in [5.74, 6) is -0.274. The summed E-state index contributed by atoms with van der Waals surface area (Å²) in [5.41, 5.74) is -0.634. The Morgan fingerprint density at radius 3 is 2.42 bits per heavy atom. The van der Waals surface area contributed by atoms with Crippen molar-refractivity contribution in [2.45, 2.75) is 69.9 Å². The fraction of sp³-hybridized carbons (Fsp3) is 0.750. The summed E-state index contributed by atoms with van der Waals surface area (Å²) in [6, 6.07) is 1.28. The van der Waals surface area contributed by atoms with E-state index in [4.69, 9.17) is 0 Å². The molecule has 8 heteroatoms. The molecule has 2 aliphatic rings. The summed E-state index contributed by atoms with van der Waals surface area (Å²) >= 11 is 0. The Hall–Kier alpha value is -1.57. The molecule has 1 aromatic heterocycles. The van der Waals surface area contributed by atoms with Gasteiger partial charge in [0.2, 0.25) is 5.91 Å². The molecular formula is C16H23F3N4O. The number of carbonyl (C=O) groups is 1. The average Bonchev–Trinajstić information content (AvgIpc) is 2.95. The molecule has 3 atom stereocenters. The number of rotatable bonds is 3. The zero-order valence-corrected chi connectivity index (χ0v) is 14.1. The number of carbonyl (C=O) groups excluding carboxylic acids is 1. The van der Waals surface area contributed by atoms with Crippen LogP contribution in [0.5, 0.6) is 0 Å². The molecule has 3 rings (SSSR count). The number of hydrogen-bond donors (Lipinski definition) is 1. The lowest BCUT2D eigenvalue weighted by molar-refractivity contribution is -0.142. The van der Waals surface area contributed by atoms with E-state index >= 15 is 0 Å². The summed E-state index contributed by atoms with van der Waals surface area (Å²) in [6.07, 6.45) is -0.402. The van der Waals surface area contributed by atoms with E-state index in [0.29, 0.717) is 17.8 Å². The van der Waals surface area contributed by atoms with Gasteiger partial charge in [-0.15, -0.1) is 0 Å². The fourth-order valence-corrected chi connectivity index (χ4v) is 3.98. The number of nitrogens with one attached hydrogen (secondary N) is 1. The van der Waals surface area contributed by atoms with Crippen LogP contribution in [0, 0.1) is 6.92 Å². The minimum absolute atomic E-state index is 0.0894. The number of hydrogen-bond acceptors (Lipinski definition) is 3. The molecule has 24 heavy (non-hydrogen) atoms. The summed E-state index contributed by atoms with van der Waals surface area (Å²) < 4.78 is 39.5. The van der Waals surface area contributed by atoms with Crippen LogP contribution in [0.4, 0.5) is 13.2 Å². The number of nitrogens with zero attached hydrogens (tertiary/aromatic N) is 3. The van der Waals surface area contributed by atoms with E-state index in [2.05, 4.69) is 22.4 Å². The second-order valence-electron chi connectivity index (χ2n) is 7.02. The van der Waals surface area contributed by atoms with Crippen LogP contribution in [0.1, 0.15) is 50.0 Å². The average molecular weight is 344 g/mol. The first-order valence-corrected chi connectivity index (χ1v) is 8.32. The molecule has 3 heterocycles. The highest BCUT2D eigenvalue weighted by Crippen LogP contribution is 2.34. The SMILES string of the molecule is Cc1cc(C(F)(F)F)nn1C(C)C(=O)NC1CC2CCC(C1)N2C. The molecule has 0 radical (unpaired) electrons. The van der Waals surface area contributed by atoms with Gasteiger partial charge >= 0.3 is 6.18 Å². The molecule has 1 N–H and O–H groups in total. The number of halogens is 3. The van der Waals surface area contributed by atoms with Gasteiger partial charge in [0.1, 0.15) is 6.04 Å². The van der Waals surface area contributed by atoms with E-state index in [9.17, 15) is 18.0 Å². The van der Waals surface area contributed by atoms with Crippen LogP contribution in [-0.4, -0.2) is 45.8 Å². The molecule has 5 nitrogen and oxygen atoms in total. The fourth-order valence-electron chi connectivity index (χ4n) is 3.98. The second kappa shape index (κ2) is 6.06. The molecule has 2 fully saturated rings. The summed E-state index contributed by atoms with van der Waals surface area (Å²) in [6.45, 7) is 3.11. The molecule has 2 saturated heterocycles. The van der Waals surface area contributed by atoms with Crippen LogP contribution < -0.4 is 5.32 Å². The predicted octanol–water partition coefficient (Wildman–Crippen LogP) is 2.51. The first-order valence-electron chi connectivity index (χ1n) is 8.32. The number of alkyl halides is 3. The van der Waals surface area contributed by atoms with Crippen LogP contribution in [0.25, 0.3) is 0 Å². The molecule has 0 saturated carbocycles. The van der Waals surface area contributed by atoms with E-state index in [0.717, 1.165) is 36.4 Å². The van der Waals surface area contributed by atoms with Gasteiger partial charge < -0.3 is 10.2 Å². The van der Waals surface area contributed by atoms with Crippen molar-refractivity contribution in [3.63, 3.8) is 0 Å². The quantitative estimate of drug-likeness (QED) is 0.917. The maximum Gasteiger partial charge on any atom is 0.435 e. The molecule has 0 spiro atoms. The van der Waals surface area contributed by atoms with Gasteiger partial charge in [-0.25, -0.2) is 0 Å². The Morgan fingerprint density at radius 1 is 1.33 bits per heavy atom. The Balaban J connectivity index is 1.66. The normalized spacial score (nSPS) is 28.8. The van der Waals surface area contributed by atoms with Crippen LogP contribution in [0.3, 0.4) is 0 Å². The summed E-state index contributed by atoms with van der Waals surface area (Å²) in [5, 5.41) is 6.58. The maximum atomic E-state index is 12.8. The van der Waals surface area contributed by atoms with Crippen molar-refractivity contribution in [3.05, 3.63) is 17.5 Å². The van der Waals surface area contributed by atoms with Crippen molar-refractivity contribution >= 4 is 5.91 Å². The van der Waals surface area contributed by atoms with Crippen LogP contribution >= 0.6 is 0 Å². The first kappa shape index (κ1) is 17.3. The van der Waals surface area contributed by atoms with Gasteiger partial charge in [-0.1, -0.05) is 0 Å². The molecule has 2 aliphatic heterocycles. The lowest BCUT2D eigenvalue weighted by Gasteiger charge is -2.37.